The van der Waals surface area contributed by atoms with Crippen LogP contribution in [0.5, 0.6) is 0 Å². The van der Waals surface area contributed by atoms with Gasteiger partial charge in [0.1, 0.15) is 17.0 Å². The molecule has 0 bridgehead atoms. The molecule has 4 heteroatoms. The average Bonchev–Trinajstić information content (AvgIpc) is 2.24. The first-order valence-electron chi connectivity index (χ1n) is 4.35. The second kappa shape index (κ2) is 4.49. The van der Waals surface area contributed by atoms with Gasteiger partial charge in [-0.15, -0.1) is 0 Å². The Morgan fingerprint density at radius 3 is 2.67 bits per heavy atom. The third-order valence-corrected chi connectivity index (χ3v) is 2.82. The highest BCUT2D eigenvalue weighted by Gasteiger charge is 2.11. The number of rotatable bonds is 2. The molecule has 0 saturated carbocycles. The molecule has 1 nitrogen and oxygen atoms in total. The molecule has 0 spiro atoms. The van der Waals surface area contributed by atoms with E-state index in [-0.39, 0.29) is 0 Å². The molecule has 0 aliphatic carbocycles. The zero-order chi connectivity index (χ0) is 10.7. The van der Waals surface area contributed by atoms with Gasteiger partial charge in [-0.1, -0.05) is 17.8 Å². The van der Waals surface area contributed by atoms with Crippen molar-refractivity contribution >= 4 is 11.8 Å². The van der Waals surface area contributed by atoms with Crippen molar-refractivity contribution in [2.24, 2.45) is 0 Å². The summed E-state index contributed by atoms with van der Waals surface area (Å²) in [6.45, 7) is 0. The Morgan fingerprint density at radius 1 is 1.13 bits per heavy atom. The zero-order valence-corrected chi connectivity index (χ0v) is 8.52. The highest BCUT2D eigenvalue weighted by molar-refractivity contribution is 8.02. The smallest absolute Gasteiger partial charge is 0.144 e. The topological polar surface area (TPSA) is 12.0 Å². The molecular weight excluding hydrogens is 216 g/mol. The van der Waals surface area contributed by atoms with E-state index in [2.05, 4.69) is 5.32 Å². The molecule has 0 aromatic heterocycles. The van der Waals surface area contributed by atoms with Gasteiger partial charge >= 0.3 is 0 Å². The van der Waals surface area contributed by atoms with E-state index in [0.29, 0.717) is 4.90 Å². The predicted molar refractivity (Wildman–Crippen MR) is 56.9 cm³/mol. The molecule has 1 N–H and O–H groups in total. The number of nitrogens with one attached hydrogen (secondary N) is 1. The van der Waals surface area contributed by atoms with Crippen molar-refractivity contribution in [3.8, 4) is 0 Å². The van der Waals surface area contributed by atoms with E-state index in [4.69, 9.17) is 0 Å². The number of thioether (sulfide) groups is 1. The Kier molecular flexibility index (Phi) is 3.06. The van der Waals surface area contributed by atoms with Crippen LogP contribution in [0.3, 0.4) is 0 Å². The molecular formula is C11H8F2NS. The van der Waals surface area contributed by atoms with Crippen molar-refractivity contribution in [3.05, 3.63) is 59.6 Å². The van der Waals surface area contributed by atoms with Crippen LogP contribution in [0.2, 0.25) is 0 Å². The van der Waals surface area contributed by atoms with E-state index in [1.807, 2.05) is 18.2 Å². The third-order valence-electron chi connectivity index (χ3n) is 1.79. The fourth-order valence-electron chi connectivity index (χ4n) is 1.12. The van der Waals surface area contributed by atoms with Crippen LogP contribution in [-0.2, 0) is 0 Å². The van der Waals surface area contributed by atoms with Gasteiger partial charge in [-0.05, 0) is 30.5 Å². The van der Waals surface area contributed by atoms with E-state index < -0.39 is 11.6 Å². The maximum atomic E-state index is 13.3. The second-order valence-electron chi connectivity index (χ2n) is 2.90. The molecule has 77 valence electrons. The van der Waals surface area contributed by atoms with Gasteiger partial charge < -0.3 is 5.32 Å². The van der Waals surface area contributed by atoms with Crippen molar-refractivity contribution in [1.82, 2.24) is 5.32 Å². The van der Waals surface area contributed by atoms with E-state index >= 15 is 0 Å². The van der Waals surface area contributed by atoms with Crippen LogP contribution in [0, 0.1) is 17.0 Å². The Labute approximate surface area is 90.9 Å². The van der Waals surface area contributed by atoms with Gasteiger partial charge in [0.05, 0.1) is 0 Å². The summed E-state index contributed by atoms with van der Waals surface area (Å²) in [6, 6.07) is 3.55. The minimum Gasteiger partial charge on any atom is -0.370 e. The molecule has 1 aromatic rings. The highest BCUT2D eigenvalue weighted by Crippen LogP contribution is 2.31. The van der Waals surface area contributed by atoms with Gasteiger partial charge in [0.25, 0.3) is 0 Å². The molecule has 0 fully saturated rings. The van der Waals surface area contributed by atoms with E-state index in [1.165, 1.54) is 23.9 Å². The molecule has 0 saturated heterocycles. The van der Waals surface area contributed by atoms with Crippen LogP contribution in [-0.4, -0.2) is 0 Å². The van der Waals surface area contributed by atoms with Crippen LogP contribution in [0.25, 0.3) is 0 Å². The normalized spacial score (nSPS) is 15.3. The molecule has 1 radical (unpaired) electrons. The number of hydrogen-bond acceptors (Lipinski definition) is 2. The van der Waals surface area contributed by atoms with Crippen molar-refractivity contribution in [2.45, 2.75) is 4.90 Å². The lowest BCUT2D eigenvalue weighted by molar-refractivity contribution is 0.565. The van der Waals surface area contributed by atoms with Crippen molar-refractivity contribution in [2.75, 3.05) is 0 Å². The lowest BCUT2D eigenvalue weighted by Crippen LogP contribution is -2.11. The lowest BCUT2D eigenvalue weighted by Gasteiger charge is -2.13. The van der Waals surface area contributed by atoms with Gasteiger partial charge in [0, 0.05) is 11.0 Å². The number of allylic oxidation sites excluding steroid dienone is 2. The van der Waals surface area contributed by atoms with E-state index in [1.54, 1.807) is 6.20 Å². The minimum absolute atomic E-state index is 0.402. The maximum absolute atomic E-state index is 13.3. The Morgan fingerprint density at radius 2 is 2.00 bits per heavy atom. The van der Waals surface area contributed by atoms with Gasteiger partial charge in [0.15, 0.2) is 0 Å². The monoisotopic (exact) mass is 224 g/mol. The third kappa shape index (κ3) is 2.59. The number of benzene rings is 1. The van der Waals surface area contributed by atoms with Crippen LogP contribution in [0.4, 0.5) is 8.78 Å². The quantitative estimate of drug-likeness (QED) is 0.827. The number of hydrogen-bond donors (Lipinski definition) is 1. The number of halogens is 2. The first-order chi connectivity index (χ1) is 7.25. The van der Waals surface area contributed by atoms with Crippen molar-refractivity contribution in [3.63, 3.8) is 0 Å². The molecule has 2 rings (SSSR count). The SMILES string of the molecule is Fc1ccc(S[C]2C=CC=CN2)c(F)c1. The fourth-order valence-corrected chi connectivity index (χ4v) is 1.92. The summed E-state index contributed by atoms with van der Waals surface area (Å²) >= 11 is 1.23. The summed E-state index contributed by atoms with van der Waals surface area (Å²) in [5.41, 5.74) is 0. The molecule has 1 heterocycles. The average molecular weight is 224 g/mol. The Hall–Kier alpha value is -1.29. The Balaban J connectivity index is 2.10. The van der Waals surface area contributed by atoms with E-state index in [0.717, 1.165) is 11.4 Å². The van der Waals surface area contributed by atoms with Crippen LogP contribution in [0.15, 0.2) is 47.5 Å². The van der Waals surface area contributed by atoms with Gasteiger partial charge in [0.2, 0.25) is 0 Å². The largest absolute Gasteiger partial charge is 0.370 e. The molecule has 0 amide bonds. The molecule has 0 atom stereocenters. The summed E-state index contributed by atoms with van der Waals surface area (Å²) in [5, 5.41) is 3.77. The van der Waals surface area contributed by atoms with Gasteiger partial charge in [-0.3, -0.25) is 0 Å². The molecule has 1 aromatic carbocycles. The lowest BCUT2D eigenvalue weighted by atomic mass is 10.3. The Bertz CT molecular complexity index is 415. The maximum Gasteiger partial charge on any atom is 0.144 e. The second-order valence-corrected chi connectivity index (χ2v) is 3.99. The standard InChI is InChI=1S/C11H8F2NS/c12-8-4-5-10(9(13)7-8)15-11-3-1-2-6-14-11/h1-7,14H. The van der Waals surface area contributed by atoms with Gasteiger partial charge in [-0.2, -0.15) is 0 Å². The number of dihydropyridines is 1. The van der Waals surface area contributed by atoms with Crippen LogP contribution < -0.4 is 5.32 Å². The first kappa shape index (κ1) is 10.2. The first-order valence-corrected chi connectivity index (χ1v) is 5.17. The predicted octanol–water partition coefficient (Wildman–Crippen LogP) is 3.22. The minimum atomic E-state index is -0.561. The molecule has 15 heavy (non-hydrogen) atoms. The van der Waals surface area contributed by atoms with Crippen molar-refractivity contribution < 1.29 is 8.78 Å². The summed E-state index contributed by atoms with van der Waals surface area (Å²) in [5.74, 6) is -1.11. The summed E-state index contributed by atoms with van der Waals surface area (Å²) in [7, 11) is 0. The van der Waals surface area contributed by atoms with Crippen LogP contribution >= 0.6 is 11.8 Å². The fraction of sp³-hybridized carbons (Fsp3) is 0. The van der Waals surface area contributed by atoms with Crippen LogP contribution in [0.1, 0.15) is 0 Å². The van der Waals surface area contributed by atoms with E-state index in [9.17, 15) is 8.78 Å². The van der Waals surface area contributed by atoms with Crippen molar-refractivity contribution in [1.29, 1.82) is 0 Å². The summed E-state index contributed by atoms with van der Waals surface area (Å²) in [4.78, 5) is 0.402. The summed E-state index contributed by atoms with van der Waals surface area (Å²) < 4.78 is 25.9. The highest BCUT2D eigenvalue weighted by atomic mass is 32.2. The molecule has 0 unspecified atom stereocenters. The molecule has 1 aliphatic heterocycles. The zero-order valence-electron chi connectivity index (χ0n) is 7.71. The van der Waals surface area contributed by atoms with Gasteiger partial charge in [-0.25, -0.2) is 8.78 Å². The summed E-state index contributed by atoms with van der Waals surface area (Å²) in [6.07, 6.45) is 7.27. The molecule has 1 aliphatic rings.